The molecule has 0 aliphatic carbocycles. The van der Waals surface area contributed by atoms with Crippen molar-refractivity contribution in [1.82, 2.24) is 24.6 Å². The van der Waals surface area contributed by atoms with Crippen LogP contribution in [-0.4, -0.2) is 70.2 Å². The van der Waals surface area contributed by atoms with Crippen LogP contribution >= 0.6 is 11.6 Å². The lowest BCUT2D eigenvalue weighted by Gasteiger charge is -2.34. The largest absolute Gasteiger partial charge is 0.444 e. The third-order valence-corrected chi connectivity index (χ3v) is 8.33. The molecule has 0 spiro atoms. The summed E-state index contributed by atoms with van der Waals surface area (Å²) in [4.78, 5) is 23.3. The molecule has 11 heteroatoms. The monoisotopic (exact) mass is 558 g/mol. The molecule has 9 nitrogen and oxygen atoms in total. The van der Waals surface area contributed by atoms with E-state index in [1.54, 1.807) is 17.3 Å². The third kappa shape index (κ3) is 7.45. The van der Waals surface area contributed by atoms with Crippen LogP contribution in [0.5, 0.6) is 0 Å². The molecule has 0 saturated carbocycles. The number of fused-ring (bicyclic) bond motifs is 1. The van der Waals surface area contributed by atoms with Crippen molar-refractivity contribution in [3.05, 3.63) is 35.6 Å². The van der Waals surface area contributed by atoms with Crippen LogP contribution in [0.25, 0.3) is 22.3 Å². The van der Waals surface area contributed by atoms with E-state index in [1.807, 2.05) is 43.7 Å². The number of nitrogens with one attached hydrogen (secondary N) is 1. The Morgan fingerprint density at radius 3 is 2.63 bits per heavy atom. The standard InChI is InChI=1S/C27H39ClN6O3Si/c1-27(2,3)37-26(35)33-12-9-19(10-13-33)31-23-16-20(21(28)17-30-23)24-25-22(8-7-11-29-25)34(32-24)18-36-14-15-38(4,5)6/h7-8,11,16-17,19H,9-10,12-15,18H2,1-6H3,(H,30,31). The highest BCUT2D eigenvalue weighted by atomic mass is 35.5. The van der Waals surface area contributed by atoms with Gasteiger partial charge in [-0.2, -0.15) is 5.10 Å². The van der Waals surface area contributed by atoms with Gasteiger partial charge < -0.3 is 19.7 Å². The molecule has 0 atom stereocenters. The molecule has 0 unspecified atom stereocenters. The molecule has 0 aromatic carbocycles. The number of pyridine rings is 2. The van der Waals surface area contributed by atoms with Gasteiger partial charge in [0.15, 0.2) is 0 Å². The van der Waals surface area contributed by atoms with Crippen LogP contribution in [0.3, 0.4) is 0 Å². The Labute approximate surface area is 230 Å². The topological polar surface area (TPSA) is 94.4 Å². The fraction of sp³-hybridized carbons (Fsp3) is 0.556. The van der Waals surface area contributed by atoms with Gasteiger partial charge in [0.05, 0.1) is 10.5 Å². The molecular formula is C27H39ClN6O3Si. The number of rotatable bonds is 8. The number of halogens is 1. The number of anilines is 1. The van der Waals surface area contributed by atoms with Gasteiger partial charge in [-0.05, 0) is 57.9 Å². The van der Waals surface area contributed by atoms with Crippen molar-refractivity contribution >= 4 is 42.6 Å². The Balaban J connectivity index is 1.46. The lowest BCUT2D eigenvalue weighted by Crippen LogP contribution is -2.44. The average Bonchev–Trinajstić information content (AvgIpc) is 3.20. The number of ether oxygens (including phenoxy) is 2. The highest BCUT2D eigenvalue weighted by Crippen LogP contribution is 2.33. The van der Waals surface area contributed by atoms with Crippen molar-refractivity contribution in [3.63, 3.8) is 0 Å². The number of hydrogen-bond acceptors (Lipinski definition) is 7. The van der Waals surface area contributed by atoms with E-state index >= 15 is 0 Å². The van der Waals surface area contributed by atoms with Crippen molar-refractivity contribution in [3.8, 4) is 11.3 Å². The highest BCUT2D eigenvalue weighted by Gasteiger charge is 2.27. The van der Waals surface area contributed by atoms with Crippen LogP contribution in [0.2, 0.25) is 30.7 Å². The molecule has 1 aliphatic heterocycles. The van der Waals surface area contributed by atoms with Crippen LogP contribution < -0.4 is 5.32 Å². The first-order chi connectivity index (χ1) is 17.9. The maximum Gasteiger partial charge on any atom is 0.410 e. The zero-order valence-electron chi connectivity index (χ0n) is 23.3. The van der Waals surface area contributed by atoms with Crippen LogP contribution in [0, 0.1) is 0 Å². The molecule has 1 N–H and O–H groups in total. The summed E-state index contributed by atoms with van der Waals surface area (Å²) in [5.74, 6) is 0.713. The van der Waals surface area contributed by atoms with E-state index in [0.717, 1.165) is 35.5 Å². The number of aromatic nitrogens is 4. The second kappa shape index (κ2) is 11.6. The van der Waals surface area contributed by atoms with Gasteiger partial charge in [0.25, 0.3) is 0 Å². The van der Waals surface area contributed by atoms with Crippen LogP contribution in [-0.2, 0) is 16.2 Å². The van der Waals surface area contributed by atoms with Crippen molar-refractivity contribution in [1.29, 1.82) is 0 Å². The molecular weight excluding hydrogens is 520 g/mol. The Morgan fingerprint density at radius 2 is 1.95 bits per heavy atom. The summed E-state index contributed by atoms with van der Waals surface area (Å²) in [6.07, 6.45) is 4.74. The van der Waals surface area contributed by atoms with Gasteiger partial charge in [0.2, 0.25) is 0 Å². The second-order valence-corrected chi connectivity index (χ2v) is 18.0. The van der Waals surface area contributed by atoms with Gasteiger partial charge in [0.1, 0.15) is 29.4 Å². The third-order valence-electron chi connectivity index (χ3n) is 6.33. The van der Waals surface area contributed by atoms with Crippen molar-refractivity contribution in [2.75, 3.05) is 25.0 Å². The average molecular weight is 559 g/mol. The Bertz CT molecular complexity index is 1260. The number of carbonyl (C=O) groups is 1. The fourth-order valence-corrected chi connectivity index (χ4v) is 5.21. The van der Waals surface area contributed by atoms with Crippen LogP contribution in [0.4, 0.5) is 10.6 Å². The molecule has 1 fully saturated rings. The predicted molar refractivity (Wildman–Crippen MR) is 154 cm³/mol. The second-order valence-electron chi connectivity index (χ2n) is 12.0. The predicted octanol–water partition coefficient (Wildman–Crippen LogP) is 6.27. The zero-order chi connectivity index (χ0) is 27.5. The summed E-state index contributed by atoms with van der Waals surface area (Å²) in [6.45, 7) is 15.0. The maximum atomic E-state index is 12.4. The van der Waals surface area contributed by atoms with Crippen molar-refractivity contribution in [2.45, 2.75) is 77.7 Å². The highest BCUT2D eigenvalue weighted by molar-refractivity contribution is 6.76. The van der Waals surface area contributed by atoms with E-state index in [0.29, 0.717) is 43.0 Å². The van der Waals surface area contributed by atoms with E-state index in [1.165, 1.54) is 0 Å². The number of amides is 1. The molecule has 1 amide bonds. The minimum absolute atomic E-state index is 0.183. The summed E-state index contributed by atoms with van der Waals surface area (Å²) >= 11 is 6.61. The minimum atomic E-state index is -1.17. The van der Waals surface area contributed by atoms with E-state index < -0.39 is 13.7 Å². The van der Waals surface area contributed by atoms with Gasteiger partial charge in [-0.15, -0.1) is 0 Å². The van der Waals surface area contributed by atoms with Gasteiger partial charge >= 0.3 is 6.09 Å². The summed E-state index contributed by atoms with van der Waals surface area (Å²) in [5.41, 5.74) is 2.63. The maximum absolute atomic E-state index is 12.4. The lowest BCUT2D eigenvalue weighted by molar-refractivity contribution is 0.0210. The van der Waals surface area contributed by atoms with Gasteiger partial charge in [-0.1, -0.05) is 31.2 Å². The molecule has 3 aromatic heterocycles. The number of piperidine rings is 1. The van der Waals surface area contributed by atoms with E-state index in [2.05, 4.69) is 34.9 Å². The first-order valence-electron chi connectivity index (χ1n) is 13.2. The van der Waals surface area contributed by atoms with Crippen LogP contribution in [0.1, 0.15) is 33.6 Å². The number of hydrogen-bond donors (Lipinski definition) is 1. The lowest BCUT2D eigenvalue weighted by atomic mass is 10.1. The molecule has 1 saturated heterocycles. The molecule has 0 bridgehead atoms. The molecule has 206 valence electrons. The quantitative estimate of drug-likeness (QED) is 0.257. The molecule has 4 heterocycles. The smallest absolute Gasteiger partial charge is 0.410 e. The number of carbonyl (C=O) groups excluding carboxylic acids is 1. The fourth-order valence-electron chi connectivity index (χ4n) is 4.26. The first-order valence-corrected chi connectivity index (χ1v) is 17.3. The molecule has 1 aliphatic rings. The van der Waals surface area contributed by atoms with Crippen LogP contribution in [0.15, 0.2) is 30.6 Å². The molecule has 3 aromatic rings. The Morgan fingerprint density at radius 1 is 1.21 bits per heavy atom. The molecule has 0 radical (unpaired) electrons. The summed E-state index contributed by atoms with van der Waals surface area (Å²) in [5, 5.41) is 8.86. The van der Waals surface area contributed by atoms with Crippen molar-refractivity contribution in [2.24, 2.45) is 0 Å². The summed E-state index contributed by atoms with van der Waals surface area (Å²) in [6, 6.07) is 7.10. The van der Waals surface area contributed by atoms with Crippen molar-refractivity contribution < 1.29 is 14.3 Å². The summed E-state index contributed by atoms with van der Waals surface area (Å²) < 4.78 is 13.3. The van der Waals surface area contributed by atoms with Gasteiger partial charge in [0, 0.05) is 51.8 Å². The van der Waals surface area contributed by atoms with E-state index in [9.17, 15) is 4.79 Å². The number of likely N-dealkylation sites (tertiary alicyclic amines) is 1. The molecule has 38 heavy (non-hydrogen) atoms. The van der Waals surface area contributed by atoms with Gasteiger partial charge in [-0.3, -0.25) is 4.98 Å². The SMILES string of the molecule is CC(C)(C)OC(=O)N1CCC(Nc2cc(-c3nn(COCC[Si](C)(C)C)c4cccnc34)c(Cl)cn2)CC1. The first kappa shape index (κ1) is 28.3. The Hall–Kier alpha value is -2.69. The minimum Gasteiger partial charge on any atom is -0.444 e. The normalized spacial score (nSPS) is 15.2. The number of nitrogens with zero attached hydrogens (tertiary/aromatic N) is 5. The zero-order valence-corrected chi connectivity index (χ0v) is 25.0. The van der Waals surface area contributed by atoms with E-state index in [-0.39, 0.29) is 12.1 Å². The Kier molecular flexibility index (Phi) is 8.64. The summed E-state index contributed by atoms with van der Waals surface area (Å²) in [7, 11) is -1.17. The van der Waals surface area contributed by atoms with E-state index in [4.69, 9.17) is 26.2 Å². The molecule has 4 rings (SSSR count). The van der Waals surface area contributed by atoms with Gasteiger partial charge in [-0.25, -0.2) is 14.5 Å².